The van der Waals surface area contributed by atoms with Gasteiger partial charge in [-0.1, -0.05) is 138 Å². The summed E-state index contributed by atoms with van der Waals surface area (Å²) in [7, 11) is 2.90. The standard InChI is InChI=1S/C28H37NP2/c1-26(2,3)31(27(4,5)6)22-29(25-20-14-9-15-21-25)28(30,23-16-10-7-11-17-23)24-18-12-8-13-19-24/h7-21H,22,30H2,1-6H3. The molecule has 0 aliphatic rings. The maximum Gasteiger partial charge on any atom is 0.104 e. The molecule has 164 valence electrons. The number of hydrogen-bond donors (Lipinski definition) is 0. The molecule has 1 atom stereocenters. The molecule has 3 aromatic carbocycles. The third-order valence-electron chi connectivity index (χ3n) is 5.82. The lowest BCUT2D eigenvalue weighted by Crippen LogP contribution is -2.45. The molecule has 0 aliphatic carbocycles. The SMILES string of the molecule is CC(C)(C)P(CN(c1ccccc1)C(P)(c1ccccc1)c1ccccc1)C(C)(C)C. The molecule has 0 saturated carbocycles. The fourth-order valence-corrected chi connectivity index (χ4v) is 8.75. The lowest BCUT2D eigenvalue weighted by Gasteiger charge is -2.50. The molecule has 3 rings (SSSR count). The number of rotatable bonds is 6. The summed E-state index contributed by atoms with van der Waals surface area (Å²) in [6, 6.07) is 32.7. The fraction of sp³-hybridized carbons (Fsp3) is 0.357. The molecule has 0 fully saturated rings. The van der Waals surface area contributed by atoms with Crippen LogP contribution >= 0.6 is 17.2 Å². The predicted octanol–water partition coefficient (Wildman–Crippen LogP) is 8.31. The number of hydrogen-bond acceptors (Lipinski definition) is 1. The third kappa shape index (κ3) is 5.39. The molecule has 31 heavy (non-hydrogen) atoms. The van der Waals surface area contributed by atoms with Gasteiger partial charge in [-0.2, -0.15) is 0 Å². The van der Waals surface area contributed by atoms with E-state index in [2.05, 4.69) is 147 Å². The van der Waals surface area contributed by atoms with E-state index in [4.69, 9.17) is 0 Å². The van der Waals surface area contributed by atoms with Gasteiger partial charge in [-0.3, -0.25) is 0 Å². The summed E-state index contributed by atoms with van der Waals surface area (Å²) in [5.74, 6) is 0. The van der Waals surface area contributed by atoms with Gasteiger partial charge in [0.05, 0.1) is 0 Å². The minimum Gasteiger partial charge on any atom is -0.350 e. The van der Waals surface area contributed by atoms with Gasteiger partial charge in [0, 0.05) is 12.0 Å². The second-order valence-corrected chi connectivity index (χ2v) is 14.8. The van der Waals surface area contributed by atoms with E-state index in [1.54, 1.807) is 0 Å². The van der Waals surface area contributed by atoms with Crippen LogP contribution in [0.1, 0.15) is 52.7 Å². The first-order chi connectivity index (χ1) is 14.5. The predicted molar refractivity (Wildman–Crippen MR) is 144 cm³/mol. The van der Waals surface area contributed by atoms with Crippen LogP contribution < -0.4 is 4.90 Å². The zero-order valence-electron chi connectivity index (χ0n) is 19.8. The molecule has 0 aromatic heterocycles. The maximum atomic E-state index is 3.24. The van der Waals surface area contributed by atoms with Crippen LogP contribution in [-0.2, 0) is 5.28 Å². The van der Waals surface area contributed by atoms with Crippen LogP contribution in [0.4, 0.5) is 5.69 Å². The van der Waals surface area contributed by atoms with Crippen molar-refractivity contribution in [3.63, 3.8) is 0 Å². The van der Waals surface area contributed by atoms with Crippen LogP contribution in [0.5, 0.6) is 0 Å². The molecule has 0 amide bonds. The highest BCUT2D eigenvalue weighted by molar-refractivity contribution is 7.61. The Morgan fingerprint density at radius 2 is 0.968 bits per heavy atom. The molecule has 0 heterocycles. The van der Waals surface area contributed by atoms with E-state index < -0.39 is 0 Å². The van der Waals surface area contributed by atoms with Gasteiger partial charge in [0.15, 0.2) is 0 Å². The quantitative estimate of drug-likeness (QED) is 0.342. The molecule has 0 radical (unpaired) electrons. The zero-order valence-corrected chi connectivity index (χ0v) is 21.9. The van der Waals surface area contributed by atoms with Gasteiger partial charge >= 0.3 is 0 Å². The molecule has 1 nitrogen and oxygen atoms in total. The highest BCUT2D eigenvalue weighted by Gasteiger charge is 2.42. The summed E-state index contributed by atoms with van der Waals surface area (Å²) >= 11 is 0. The van der Waals surface area contributed by atoms with E-state index in [1.165, 1.54) is 16.8 Å². The number of benzene rings is 3. The van der Waals surface area contributed by atoms with Crippen molar-refractivity contribution in [3.05, 3.63) is 102 Å². The molecular formula is C28H37NP2. The molecule has 3 heteroatoms. The average molecular weight is 450 g/mol. The number of nitrogens with zero attached hydrogens (tertiary/aromatic N) is 1. The van der Waals surface area contributed by atoms with Crippen molar-refractivity contribution in [2.45, 2.75) is 57.1 Å². The monoisotopic (exact) mass is 449 g/mol. The topological polar surface area (TPSA) is 3.24 Å². The number of anilines is 1. The Balaban J connectivity index is 2.25. The van der Waals surface area contributed by atoms with Crippen LogP contribution in [0, 0.1) is 0 Å². The third-order valence-corrected chi connectivity index (χ3v) is 10.6. The van der Waals surface area contributed by atoms with E-state index >= 15 is 0 Å². The molecule has 1 unspecified atom stereocenters. The van der Waals surface area contributed by atoms with E-state index in [9.17, 15) is 0 Å². The van der Waals surface area contributed by atoms with Crippen molar-refractivity contribution in [2.75, 3.05) is 11.2 Å². The second-order valence-electron chi connectivity index (χ2n) is 10.2. The van der Waals surface area contributed by atoms with Gasteiger partial charge in [0.1, 0.15) is 5.28 Å². The summed E-state index contributed by atoms with van der Waals surface area (Å²) in [4.78, 5) is 2.63. The minimum absolute atomic E-state index is 0.236. The molecule has 0 spiro atoms. The second kappa shape index (κ2) is 9.44. The van der Waals surface area contributed by atoms with Crippen molar-refractivity contribution < 1.29 is 0 Å². The van der Waals surface area contributed by atoms with Gasteiger partial charge < -0.3 is 4.90 Å². The number of para-hydroxylation sites is 1. The summed E-state index contributed by atoms with van der Waals surface area (Å²) in [5, 5.41) is 0.111. The van der Waals surface area contributed by atoms with Crippen molar-refractivity contribution >= 4 is 22.8 Å². The Hall–Kier alpha value is -1.68. The van der Waals surface area contributed by atoms with E-state index in [-0.39, 0.29) is 23.5 Å². The molecular weight excluding hydrogens is 412 g/mol. The Morgan fingerprint density at radius 1 is 0.613 bits per heavy atom. The Labute approximate surface area is 193 Å². The van der Waals surface area contributed by atoms with Crippen LogP contribution in [0.25, 0.3) is 0 Å². The lowest BCUT2D eigenvalue weighted by molar-refractivity contribution is 0.664. The van der Waals surface area contributed by atoms with E-state index in [1.807, 2.05) is 0 Å². The lowest BCUT2D eigenvalue weighted by atomic mass is 9.95. The molecule has 3 aromatic rings. The van der Waals surface area contributed by atoms with Gasteiger partial charge in [-0.25, -0.2) is 0 Å². The van der Waals surface area contributed by atoms with Gasteiger partial charge in [-0.15, -0.1) is 0 Å². The summed E-state index contributed by atoms with van der Waals surface area (Å²) in [6.45, 7) is 14.4. The highest BCUT2D eigenvalue weighted by Crippen LogP contribution is 2.61. The van der Waals surface area contributed by atoms with Gasteiger partial charge in [0.25, 0.3) is 0 Å². The molecule has 0 aliphatic heterocycles. The minimum atomic E-state index is -0.360. The normalized spacial score (nSPS) is 12.8. The van der Waals surface area contributed by atoms with Crippen LogP contribution in [0.15, 0.2) is 91.0 Å². The van der Waals surface area contributed by atoms with Crippen molar-refractivity contribution in [3.8, 4) is 0 Å². The molecule has 0 saturated heterocycles. The van der Waals surface area contributed by atoms with Crippen LogP contribution in [0.2, 0.25) is 0 Å². The average Bonchev–Trinajstić information content (AvgIpc) is 2.74. The molecule has 0 N–H and O–H groups in total. The largest absolute Gasteiger partial charge is 0.350 e. The van der Waals surface area contributed by atoms with Crippen LogP contribution in [-0.4, -0.2) is 16.6 Å². The van der Waals surface area contributed by atoms with Crippen molar-refractivity contribution in [1.82, 2.24) is 0 Å². The van der Waals surface area contributed by atoms with Gasteiger partial charge in [0.2, 0.25) is 0 Å². The first kappa shape index (κ1) is 24.0. The van der Waals surface area contributed by atoms with Gasteiger partial charge in [-0.05, 0) is 33.6 Å². The highest BCUT2D eigenvalue weighted by atomic mass is 31.1. The fourth-order valence-electron chi connectivity index (χ4n) is 4.44. The van der Waals surface area contributed by atoms with E-state index in [0.29, 0.717) is 0 Å². The first-order valence-electron chi connectivity index (χ1n) is 11.0. The zero-order chi connectivity index (χ0) is 22.7. The Bertz CT molecular complexity index is 888. The Kier molecular flexibility index (Phi) is 7.30. The summed E-state index contributed by atoms with van der Waals surface area (Å²) < 4.78 is 0. The smallest absolute Gasteiger partial charge is 0.104 e. The van der Waals surface area contributed by atoms with Crippen LogP contribution in [0.3, 0.4) is 0 Å². The van der Waals surface area contributed by atoms with E-state index in [0.717, 1.165) is 6.29 Å². The van der Waals surface area contributed by atoms with Crippen molar-refractivity contribution in [1.29, 1.82) is 0 Å². The maximum absolute atomic E-state index is 3.24. The Morgan fingerprint density at radius 3 is 1.32 bits per heavy atom. The van der Waals surface area contributed by atoms with Crippen molar-refractivity contribution in [2.24, 2.45) is 0 Å². The summed E-state index contributed by atoms with van der Waals surface area (Å²) in [6.07, 6.45) is 1.01. The molecule has 0 bridgehead atoms. The first-order valence-corrected chi connectivity index (χ1v) is 13.2. The summed E-state index contributed by atoms with van der Waals surface area (Å²) in [5.41, 5.74) is 3.83.